The van der Waals surface area contributed by atoms with Crippen molar-refractivity contribution in [2.75, 3.05) is 13.1 Å². The second-order valence-corrected chi connectivity index (χ2v) is 3.36. The summed E-state index contributed by atoms with van der Waals surface area (Å²) in [5.74, 6) is -0.220. The SMILES string of the molecule is CCn1ncc(C2=CCCNC2)c1F. The molecule has 0 amide bonds. The highest BCUT2D eigenvalue weighted by Gasteiger charge is 2.14. The Morgan fingerprint density at radius 2 is 2.50 bits per heavy atom. The van der Waals surface area contributed by atoms with Crippen molar-refractivity contribution in [3.05, 3.63) is 23.8 Å². The van der Waals surface area contributed by atoms with Crippen LogP contribution in [0.5, 0.6) is 0 Å². The van der Waals surface area contributed by atoms with Crippen LogP contribution in [0.25, 0.3) is 5.57 Å². The third-order valence-electron chi connectivity index (χ3n) is 2.45. The Labute approximate surface area is 82.6 Å². The van der Waals surface area contributed by atoms with Crippen LogP contribution in [-0.2, 0) is 6.54 Å². The molecule has 1 aliphatic rings. The number of nitrogens with zero attached hydrogens (tertiary/aromatic N) is 2. The van der Waals surface area contributed by atoms with Gasteiger partial charge in [0.25, 0.3) is 0 Å². The van der Waals surface area contributed by atoms with Crippen molar-refractivity contribution in [2.45, 2.75) is 19.9 Å². The Hall–Kier alpha value is -1.16. The van der Waals surface area contributed by atoms with E-state index in [2.05, 4.69) is 16.5 Å². The zero-order valence-corrected chi connectivity index (χ0v) is 8.26. The van der Waals surface area contributed by atoms with Crippen LogP contribution < -0.4 is 5.32 Å². The molecule has 2 rings (SSSR count). The summed E-state index contributed by atoms with van der Waals surface area (Å²) in [5, 5.41) is 7.20. The minimum absolute atomic E-state index is 0.220. The van der Waals surface area contributed by atoms with Crippen LogP contribution in [0.4, 0.5) is 4.39 Å². The first-order valence-electron chi connectivity index (χ1n) is 4.94. The van der Waals surface area contributed by atoms with Gasteiger partial charge in [0.2, 0.25) is 5.95 Å². The van der Waals surface area contributed by atoms with Crippen LogP contribution in [0.3, 0.4) is 0 Å². The fraction of sp³-hybridized carbons (Fsp3) is 0.500. The van der Waals surface area contributed by atoms with E-state index in [4.69, 9.17) is 0 Å². The Morgan fingerprint density at radius 1 is 1.64 bits per heavy atom. The Morgan fingerprint density at radius 3 is 3.07 bits per heavy atom. The summed E-state index contributed by atoms with van der Waals surface area (Å²) < 4.78 is 15.0. The molecule has 4 heteroatoms. The molecule has 0 aliphatic carbocycles. The van der Waals surface area contributed by atoms with Gasteiger partial charge in [-0.2, -0.15) is 9.49 Å². The minimum Gasteiger partial charge on any atom is -0.312 e. The molecule has 1 N–H and O–H groups in total. The molecule has 0 saturated carbocycles. The molecule has 1 aliphatic heterocycles. The lowest BCUT2D eigenvalue weighted by molar-refractivity contribution is 0.469. The average molecular weight is 195 g/mol. The summed E-state index contributed by atoms with van der Waals surface area (Å²) in [6.07, 6.45) is 4.65. The van der Waals surface area contributed by atoms with Crippen LogP contribution in [0.2, 0.25) is 0 Å². The fourth-order valence-electron chi connectivity index (χ4n) is 1.66. The number of rotatable bonds is 2. The first kappa shape index (κ1) is 9.40. The van der Waals surface area contributed by atoms with Crippen molar-refractivity contribution in [1.29, 1.82) is 0 Å². The molecule has 0 saturated heterocycles. The molecule has 2 heterocycles. The second kappa shape index (κ2) is 3.92. The summed E-state index contributed by atoms with van der Waals surface area (Å²) in [7, 11) is 0. The summed E-state index contributed by atoms with van der Waals surface area (Å²) in [6.45, 7) is 4.18. The van der Waals surface area contributed by atoms with Gasteiger partial charge in [0, 0.05) is 13.1 Å². The summed E-state index contributed by atoms with van der Waals surface area (Å²) in [4.78, 5) is 0. The molecule has 76 valence electrons. The number of nitrogens with one attached hydrogen (secondary N) is 1. The molecule has 0 unspecified atom stereocenters. The lowest BCUT2D eigenvalue weighted by Crippen LogP contribution is -2.21. The van der Waals surface area contributed by atoms with Gasteiger partial charge in [-0.25, -0.2) is 4.68 Å². The van der Waals surface area contributed by atoms with E-state index in [1.54, 1.807) is 6.20 Å². The lowest BCUT2D eigenvalue weighted by atomic mass is 10.1. The third kappa shape index (κ3) is 1.57. The molecule has 0 atom stereocenters. The van der Waals surface area contributed by atoms with Crippen LogP contribution >= 0.6 is 0 Å². The number of hydrogen-bond acceptors (Lipinski definition) is 2. The molecule has 1 aromatic rings. The molecular weight excluding hydrogens is 181 g/mol. The Bertz CT molecular complexity index is 354. The first-order valence-corrected chi connectivity index (χ1v) is 4.94. The molecule has 0 aromatic carbocycles. The largest absolute Gasteiger partial charge is 0.312 e. The van der Waals surface area contributed by atoms with Gasteiger partial charge in [0.05, 0.1) is 11.8 Å². The van der Waals surface area contributed by atoms with Crippen molar-refractivity contribution in [3.63, 3.8) is 0 Å². The number of hydrogen-bond donors (Lipinski definition) is 1. The highest BCUT2D eigenvalue weighted by atomic mass is 19.1. The maximum absolute atomic E-state index is 13.6. The summed E-state index contributed by atoms with van der Waals surface area (Å²) in [6, 6.07) is 0. The third-order valence-corrected chi connectivity index (χ3v) is 2.45. The molecule has 1 aromatic heterocycles. The van der Waals surface area contributed by atoms with E-state index in [1.807, 2.05) is 6.92 Å². The smallest absolute Gasteiger partial charge is 0.219 e. The molecule has 14 heavy (non-hydrogen) atoms. The maximum Gasteiger partial charge on any atom is 0.219 e. The summed E-state index contributed by atoms with van der Waals surface area (Å²) in [5.41, 5.74) is 1.66. The second-order valence-electron chi connectivity index (χ2n) is 3.36. The van der Waals surface area contributed by atoms with Crippen molar-refractivity contribution < 1.29 is 4.39 Å². The normalized spacial score (nSPS) is 16.9. The molecule has 0 bridgehead atoms. The Balaban J connectivity index is 2.31. The molecule has 0 fully saturated rings. The van der Waals surface area contributed by atoms with E-state index in [0.29, 0.717) is 12.1 Å². The predicted octanol–water partition coefficient (Wildman–Crippen LogP) is 1.42. The molecular formula is C10H14FN3. The standard InChI is InChI=1S/C10H14FN3/c1-2-14-10(11)9(7-13-14)8-4-3-5-12-6-8/h4,7,12H,2-3,5-6H2,1H3. The molecule has 0 radical (unpaired) electrons. The van der Waals surface area contributed by atoms with Gasteiger partial charge in [-0.05, 0) is 25.5 Å². The topological polar surface area (TPSA) is 29.9 Å². The van der Waals surface area contributed by atoms with Gasteiger partial charge in [-0.3, -0.25) is 0 Å². The lowest BCUT2D eigenvalue weighted by Gasteiger charge is -2.12. The minimum atomic E-state index is -0.220. The quantitative estimate of drug-likeness (QED) is 0.773. The predicted molar refractivity (Wildman–Crippen MR) is 53.3 cm³/mol. The monoisotopic (exact) mass is 195 g/mol. The van der Waals surface area contributed by atoms with Gasteiger partial charge < -0.3 is 5.32 Å². The first-order chi connectivity index (χ1) is 6.83. The molecule has 3 nitrogen and oxygen atoms in total. The number of aromatic nitrogens is 2. The fourth-order valence-corrected chi connectivity index (χ4v) is 1.66. The maximum atomic E-state index is 13.6. The van der Waals surface area contributed by atoms with Gasteiger partial charge in [0.1, 0.15) is 0 Å². The van der Waals surface area contributed by atoms with E-state index >= 15 is 0 Å². The van der Waals surface area contributed by atoms with E-state index in [1.165, 1.54) is 4.68 Å². The van der Waals surface area contributed by atoms with Crippen LogP contribution in [0.1, 0.15) is 18.9 Å². The van der Waals surface area contributed by atoms with Crippen molar-refractivity contribution in [3.8, 4) is 0 Å². The Kier molecular flexibility index (Phi) is 2.63. The van der Waals surface area contributed by atoms with Gasteiger partial charge in [0.15, 0.2) is 0 Å². The molecule has 0 spiro atoms. The van der Waals surface area contributed by atoms with Crippen LogP contribution in [0.15, 0.2) is 12.3 Å². The highest BCUT2D eigenvalue weighted by molar-refractivity contribution is 5.66. The van der Waals surface area contributed by atoms with Crippen LogP contribution in [-0.4, -0.2) is 22.9 Å². The zero-order chi connectivity index (χ0) is 9.97. The van der Waals surface area contributed by atoms with Crippen LogP contribution in [0, 0.1) is 5.95 Å². The van der Waals surface area contributed by atoms with Gasteiger partial charge >= 0.3 is 0 Å². The van der Waals surface area contributed by atoms with E-state index in [-0.39, 0.29) is 5.95 Å². The van der Waals surface area contributed by atoms with E-state index in [9.17, 15) is 4.39 Å². The van der Waals surface area contributed by atoms with Crippen molar-refractivity contribution in [2.24, 2.45) is 0 Å². The number of aryl methyl sites for hydroxylation is 1. The number of halogens is 1. The summed E-state index contributed by atoms with van der Waals surface area (Å²) >= 11 is 0. The van der Waals surface area contributed by atoms with E-state index < -0.39 is 0 Å². The van der Waals surface area contributed by atoms with Gasteiger partial charge in [-0.1, -0.05) is 6.08 Å². The van der Waals surface area contributed by atoms with Crippen molar-refractivity contribution >= 4 is 5.57 Å². The zero-order valence-electron chi connectivity index (χ0n) is 8.26. The van der Waals surface area contributed by atoms with E-state index in [0.717, 1.165) is 25.1 Å². The van der Waals surface area contributed by atoms with Gasteiger partial charge in [-0.15, -0.1) is 0 Å². The highest BCUT2D eigenvalue weighted by Crippen LogP contribution is 2.19. The van der Waals surface area contributed by atoms with Crippen molar-refractivity contribution in [1.82, 2.24) is 15.1 Å². The average Bonchev–Trinajstić information content (AvgIpc) is 2.61.